The van der Waals surface area contributed by atoms with E-state index in [0.717, 1.165) is 0 Å². The number of benzene rings is 1. The van der Waals surface area contributed by atoms with E-state index in [2.05, 4.69) is 10.3 Å². The Bertz CT molecular complexity index is 692. The van der Waals surface area contributed by atoms with Crippen LogP contribution in [0.15, 0.2) is 36.5 Å². The summed E-state index contributed by atoms with van der Waals surface area (Å²) in [5, 5.41) is 11.7. The van der Waals surface area contributed by atoms with Crippen molar-refractivity contribution in [2.45, 2.75) is 0 Å². The number of nitriles is 1. The van der Waals surface area contributed by atoms with E-state index < -0.39 is 5.91 Å². The molecule has 0 aliphatic carbocycles. The van der Waals surface area contributed by atoms with Gasteiger partial charge in [-0.3, -0.25) is 4.79 Å². The van der Waals surface area contributed by atoms with Gasteiger partial charge in [0.1, 0.15) is 23.3 Å². The molecule has 1 heterocycles. The van der Waals surface area contributed by atoms with E-state index in [0.29, 0.717) is 17.0 Å². The van der Waals surface area contributed by atoms with E-state index in [1.54, 1.807) is 30.3 Å². The SMILES string of the molecule is COc1cccc(C#N)c1NC(=O)c1cccnc1N. The zero-order chi connectivity index (χ0) is 14.5. The van der Waals surface area contributed by atoms with Crippen molar-refractivity contribution in [3.05, 3.63) is 47.7 Å². The largest absolute Gasteiger partial charge is 0.495 e. The topological polar surface area (TPSA) is 101 Å². The Balaban J connectivity index is 2.38. The number of nitrogens with one attached hydrogen (secondary N) is 1. The Morgan fingerprint density at radius 2 is 2.20 bits per heavy atom. The lowest BCUT2D eigenvalue weighted by Crippen LogP contribution is -2.16. The molecule has 0 spiro atoms. The third-order valence-corrected chi connectivity index (χ3v) is 2.69. The molecule has 0 saturated carbocycles. The summed E-state index contributed by atoms with van der Waals surface area (Å²) in [6.07, 6.45) is 1.50. The average Bonchev–Trinajstić information content (AvgIpc) is 2.47. The number of rotatable bonds is 3. The third-order valence-electron chi connectivity index (χ3n) is 2.69. The van der Waals surface area contributed by atoms with Crippen LogP contribution in [-0.4, -0.2) is 18.0 Å². The molecule has 2 rings (SSSR count). The molecule has 6 heteroatoms. The molecule has 0 saturated heterocycles. The summed E-state index contributed by atoms with van der Waals surface area (Å²) in [5.41, 5.74) is 6.50. The number of methoxy groups -OCH3 is 1. The minimum absolute atomic E-state index is 0.124. The van der Waals surface area contributed by atoms with Gasteiger partial charge in [0.2, 0.25) is 0 Å². The molecule has 100 valence electrons. The van der Waals surface area contributed by atoms with Crippen molar-refractivity contribution in [1.82, 2.24) is 4.98 Å². The number of aromatic nitrogens is 1. The quantitative estimate of drug-likeness (QED) is 0.883. The molecule has 0 fully saturated rings. The zero-order valence-electron chi connectivity index (χ0n) is 10.8. The second-order valence-corrected chi connectivity index (χ2v) is 3.88. The van der Waals surface area contributed by atoms with Crippen LogP contribution in [0, 0.1) is 11.3 Å². The molecule has 0 radical (unpaired) electrons. The summed E-state index contributed by atoms with van der Waals surface area (Å²) < 4.78 is 5.14. The average molecular weight is 268 g/mol. The van der Waals surface area contributed by atoms with Gasteiger partial charge in [-0.05, 0) is 24.3 Å². The molecule has 20 heavy (non-hydrogen) atoms. The number of nitrogen functional groups attached to an aromatic ring is 1. The molecule has 0 aliphatic rings. The van der Waals surface area contributed by atoms with Gasteiger partial charge in [-0.1, -0.05) is 6.07 Å². The van der Waals surface area contributed by atoms with E-state index in [1.807, 2.05) is 6.07 Å². The van der Waals surface area contributed by atoms with Crippen LogP contribution in [0.5, 0.6) is 5.75 Å². The van der Waals surface area contributed by atoms with E-state index in [9.17, 15) is 4.79 Å². The molecule has 2 aromatic rings. The zero-order valence-corrected chi connectivity index (χ0v) is 10.8. The standard InChI is InChI=1S/C14H12N4O2/c1-20-11-6-2-4-9(8-15)12(11)18-14(19)10-5-3-7-17-13(10)16/h2-7H,1H3,(H2,16,17)(H,18,19). The van der Waals surface area contributed by atoms with Crippen molar-refractivity contribution in [2.75, 3.05) is 18.2 Å². The molecule has 0 unspecified atom stereocenters. The van der Waals surface area contributed by atoms with Crippen molar-refractivity contribution < 1.29 is 9.53 Å². The lowest BCUT2D eigenvalue weighted by atomic mass is 10.1. The Morgan fingerprint density at radius 1 is 1.40 bits per heavy atom. The van der Waals surface area contributed by atoms with Crippen LogP contribution in [0.2, 0.25) is 0 Å². The fourth-order valence-electron chi connectivity index (χ4n) is 1.71. The lowest BCUT2D eigenvalue weighted by molar-refractivity contribution is 0.102. The second-order valence-electron chi connectivity index (χ2n) is 3.88. The van der Waals surface area contributed by atoms with Crippen LogP contribution in [0.1, 0.15) is 15.9 Å². The van der Waals surface area contributed by atoms with Gasteiger partial charge >= 0.3 is 0 Å². The van der Waals surface area contributed by atoms with Gasteiger partial charge in [0.05, 0.1) is 18.2 Å². The molecule has 3 N–H and O–H groups in total. The number of anilines is 2. The Kier molecular flexibility index (Phi) is 3.82. The van der Waals surface area contributed by atoms with E-state index in [4.69, 9.17) is 15.7 Å². The van der Waals surface area contributed by atoms with Crippen LogP contribution in [-0.2, 0) is 0 Å². The van der Waals surface area contributed by atoms with Crippen molar-refractivity contribution in [3.63, 3.8) is 0 Å². The van der Waals surface area contributed by atoms with Crippen molar-refractivity contribution in [2.24, 2.45) is 0 Å². The highest BCUT2D eigenvalue weighted by atomic mass is 16.5. The summed E-state index contributed by atoms with van der Waals surface area (Å²) in [6, 6.07) is 10.1. The van der Waals surface area contributed by atoms with Crippen LogP contribution in [0.4, 0.5) is 11.5 Å². The molecular weight excluding hydrogens is 256 g/mol. The highest BCUT2D eigenvalue weighted by molar-refractivity contribution is 6.08. The highest BCUT2D eigenvalue weighted by Crippen LogP contribution is 2.28. The van der Waals surface area contributed by atoms with E-state index in [-0.39, 0.29) is 11.4 Å². The van der Waals surface area contributed by atoms with Gasteiger partial charge < -0.3 is 15.8 Å². The first kappa shape index (κ1) is 13.4. The molecular formula is C14H12N4O2. The number of carbonyl (C=O) groups is 1. The normalized spacial score (nSPS) is 9.60. The molecule has 6 nitrogen and oxygen atoms in total. The summed E-state index contributed by atoms with van der Waals surface area (Å²) in [6.45, 7) is 0. The van der Waals surface area contributed by atoms with Crippen molar-refractivity contribution >= 4 is 17.4 Å². The maximum absolute atomic E-state index is 12.2. The summed E-state index contributed by atoms with van der Waals surface area (Å²) >= 11 is 0. The predicted octanol–water partition coefficient (Wildman–Crippen LogP) is 1.80. The monoisotopic (exact) mass is 268 g/mol. The number of pyridine rings is 1. The molecule has 1 amide bonds. The van der Waals surface area contributed by atoms with Gasteiger partial charge in [0.15, 0.2) is 0 Å². The number of ether oxygens (including phenoxy) is 1. The maximum atomic E-state index is 12.2. The summed E-state index contributed by atoms with van der Waals surface area (Å²) in [7, 11) is 1.46. The smallest absolute Gasteiger partial charge is 0.259 e. The molecule has 0 atom stereocenters. The number of hydrogen-bond donors (Lipinski definition) is 2. The second kappa shape index (κ2) is 5.71. The third kappa shape index (κ3) is 2.52. The molecule has 1 aromatic carbocycles. The number of nitrogens with two attached hydrogens (primary N) is 1. The first-order chi connectivity index (χ1) is 9.67. The lowest BCUT2D eigenvalue weighted by Gasteiger charge is -2.12. The summed E-state index contributed by atoms with van der Waals surface area (Å²) in [4.78, 5) is 16.0. The minimum Gasteiger partial charge on any atom is -0.495 e. The number of para-hydroxylation sites is 1. The highest BCUT2D eigenvalue weighted by Gasteiger charge is 2.15. The van der Waals surface area contributed by atoms with Crippen LogP contribution < -0.4 is 15.8 Å². The first-order valence-electron chi connectivity index (χ1n) is 5.76. The summed E-state index contributed by atoms with van der Waals surface area (Å²) in [5.74, 6) is 0.0786. The van der Waals surface area contributed by atoms with Crippen LogP contribution >= 0.6 is 0 Å². The Morgan fingerprint density at radius 3 is 2.85 bits per heavy atom. The van der Waals surface area contributed by atoms with Gasteiger partial charge in [0, 0.05) is 6.20 Å². The minimum atomic E-state index is -0.448. The number of carbonyl (C=O) groups excluding carboxylic acids is 1. The van der Waals surface area contributed by atoms with Crippen molar-refractivity contribution in [1.29, 1.82) is 5.26 Å². The predicted molar refractivity (Wildman–Crippen MR) is 74.3 cm³/mol. The molecule has 0 aliphatic heterocycles. The number of hydrogen-bond acceptors (Lipinski definition) is 5. The molecule has 0 bridgehead atoms. The number of nitrogens with zero attached hydrogens (tertiary/aromatic N) is 2. The maximum Gasteiger partial charge on any atom is 0.259 e. The van der Waals surface area contributed by atoms with Gasteiger partial charge in [-0.15, -0.1) is 0 Å². The van der Waals surface area contributed by atoms with E-state index >= 15 is 0 Å². The molecule has 1 aromatic heterocycles. The van der Waals surface area contributed by atoms with E-state index in [1.165, 1.54) is 13.3 Å². The first-order valence-corrected chi connectivity index (χ1v) is 5.76. The fraction of sp³-hybridized carbons (Fsp3) is 0.0714. The van der Waals surface area contributed by atoms with Gasteiger partial charge in [-0.2, -0.15) is 5.26 Å². The fourth-order valence-corrected chi connectivity index (χ4v) is 1.71. The van der Waals surface area contributed by atoms with Crippen molar-refractivity contribution in [3.8, 4) is 11.8 Å². The number of amides is 1. The van der Waals surface area contributed by atoms with Gasteiger partial charge in [-0.25, -0.2) is 4.98 Å². The Hall–Kier alpha value is -3.07. The van der Waals surface area contributed by atoms with Gasteiger partial charge in [0.25, 0.3) is 5.91 Å². The van der Waals surface area contributed by atoms with Crippen LogP contribution in [0.3, 0.4) is 0 Å². The Labute approximate surface area is 115 Å². The van der Waals surface area contributed by atoms with Crippen LogP contribution in [0.25, 0.3) is 0 Å².